The van der Waals surface area contributed by atoms with E-state index in [1.807, 2.05) is 58.0 Å². The van der Waals surface area contributed by atoms with Crippen molar-refractivity contribution in [2.75, 3.05) is 0 Å². The van der Waals surface area contributed by atoms with Crippen LogP contribution >= 0.6 is 11.3 Å². The van der Waals surface area contributed by atoms with Gasteiger partial charge in [-0.25, -0.2) is 4.98 Å². The summed E-state index contributed by atoms with van der Waals surface area (Å²) in [6, 6.07) is 11.4. The van der Waals surface area contributed by atoms with Crippen molar-refractivity contribution < 1.29 is 4.65 Å². The molecule has 0 fully saturated rings. The lowest BCUT2D eigenvalue weighted by Crippen LogP contribution is -1.96. The van der Waals surface area contributed by atoms with Crippen LogP contribution in [0.15, 0.2) is 30.3 Å². The van der Waals surface area contributed by atoms with E-state index >= 15 is 0 Å². The topological polar surface area (TPSA) is 45.9 Å². The molecule has 0 amide bonds. The van der Waals surface area contributed by atoms with E-state index in [0.29, 0.717) is 17.0 Å². The van der Waals surface area contributed by atoms with Gasteiger partial charge in [-0.3, -0.25) is 0 Å². The Bertz CT molecular complexity index is 657. The molecule has 3 nitrogen and oxygen atoms in total. The number of hydrogen-bond acceptors (Lipinski definition) is 4. The van der Waals surface area contributed by atoms with Crippen molar-refractivity contribution in [3.63, 3.8) is 0 Å². The number of aromatic nitrogens is 1. The average Bonchev–Trinajstić information content (AvgIpc) is 2.86. The van der Waals surface area contributed by atoms with Gasteiger partial charge in [-0.2, -0.15) is 5.26 Å². The van der Waals surface area contributed by atoms with Gasteiger partial charge in [0.15, 0.2) is 0 Å². The normalized spacial score (nSPS) is 10.8. The summed E-state index contributed by atoms with van der Waals surface area (Å²) in [4.78, 5) is 5.35. The third-order valence-corrected chi connectivity index (χ3v) is 3.52. The van der Waals surface area contributed by atoms with Gasteiger partial charge in [0.05, 0.1) is 5.01 Å². The first-order valence-electron chi connectivity index (χ1n) is 6.68. The fraction of sp³-hybridized carbons (Fsp3) is 0.250. The van der Waals surface area contributed by atoms with Crippen molar-refractivity contribution in [2.24, 2.45) is 0 Å². The third kappa shape index (κ3) is 3.96. The standard InChI is InChI=1S/C14H11BN2OS.C2H6/c1-9-13(17-10(2)19-9)14(18-15)12(8-16)11-6-4-3-5-7-11;1-2/h3-7H,1-2H3;1-2H3. The van der Waals surface area contributed by atoms with E-state index in [-0.39, 0.29) is 0 Å². The highest BCUT2D eigenvalue weighted by molar-refractivity contribution is 7.11. The molecule has 106 valence electrons. The van der Waals surface area contributed by atoms with Crippen LogP contribution in [0, 0.1) is 25.2 Å². The van der Waals surface area contributed by atoms with Crippen molar-refractivity contribution in [1.82, 2.24) is 4.98 Å². The molecule has 0 aliphatic heterocycles. The minimum absolute atomic E-state index is 0.315. The largest absolute Gasteiger partial charge is 0.565 e. The van der Waals surface area contributed by atoms with Crippen LogP contribution in [0.25, 0.3) is 11.3 Å². The molecule has 0 aliphatic carbocycles. The molecule has 5 heteroatoms. The summed E-state index contributed by atoms with van der Waals surface area (Å²) in [6.07, 6.45) is 0. The van der Waals surface area contributed by atoms with Crippen LogP contribution in [0.4, 0.5) is 0 Å². The highest BCUT2D eigenvalue weighted by atomic mass is 32.1. The first-order valence-corrected chi connectivity index (χ1v) is 7.50. The zero-order valence-corrected chi connectivity index (χ0v) is 13.5. The van der Waals surface area contributed by atoms with Crippen molar-refractivity contribution in [3.8, 4) is 6.07 Å². The molecule has 0 unspecified atom stereocenters. The molecule has 1 aromatic heterocycles. The SMILES string of the molecule is CC.[B]OC(=C(C#N)c1ccccc1)c1nc(C)sc1C. The quantitative estimate of drug-likeness (QED) is 0.482. The predicted molar refractivity (Wildman–Crippen MR) is 88.6 cm³/mol. The molecule has 0 saturated heterocycles. The third-order valence-electron chi connectivity index (χ3n) is 2.64. The lowest BCUT2D eigenvalue weighted by atomic mass is 10.0. The summed E-state index contributed by atoms with van der Waals surface area (Å²) >= 11 is 1.55. The molecule has 2 radical (unpaired) electrons. The number of aryl methyl sites for hydroxylation is 2. The zero-order valence-electron chi connectivity index (χ0n) is 12.7. The molecule has 0 N–H and O–H groups in total. The van der Waals surface area contributed by atoms with Gasteiger partial charge in [-0.15, -0.1) is 11.3 Å². The first-order chi connectivity index (χ1) is 10.2. The number of benzene rings is 1. The highest BCUT2D eigenvalue weighted by Gasteiger charge is 2.17. The maximum absolute atomic E-state index is 9.37. The molecule has 0 bridgehead atoms. The Kier molecular flexibility index (Phi) is 6.70. The highest BCUT2D eigenvalue weighted by Crippen LogP contribution is 2.30. The van der Waals surface area contributed by atoms with Gasteiger partial charge in [0.25, 0.3) is 0 Å². The van der Waals surface area contributed by atoms with E-state index in [1.165, 1.54) is 0 Å². The molecule has 0 spiro atoms. The summed E-state index contributed by atoms with van der Waals surface area (Å²) < 4.78 is 4.94. The van der Waals surface area contributed by atoms with Crippen molar-refractivity contribution in [2.45, 2.75) is 27.7 Å². The summed E-state index contributed by atoms with van der Waals surface area (Å²) in [7, 11) is 5.35. The second-order valence-electron chi connectivity index (χ2n) is 3.94. The number of allylic oxidation sites excluding steroid dienone is 1. The van der Waals surface area contributed by atoms with Crippen LogP contribution in [-0.2, 0) is 4.65 Å². The molecule has 1 aromatic carbocycles. The molecule has 21 heavy (non-hydrogen) atoms. The van der Waals surface area contributed by atoms with Crippen LogP contribution in [0.5, 0.6) is 0 Å². The molecule has 0 aliphatic rings. The number of nitriles is 1. The number of hydrogen-bond donors (Lipinski definition) is 0. The Labute approximate surface area is 131 Å². The molecular formula is C16H17BN2OS. The van der Waals surface area contributed by atoms with Gasteiger partial charge in [-0.1, -0.05) is 44.2 Å². The van der Waals surface area contributed by atoms with Gasteiger partial charge in [0, 0.05) is 4.88 Å². The fourth-order valence-corrected chi connectivity index (χ4v) is 2.64. The van der Waals surface area contributed by atoms with Gasteiger partial charge < -0.3 is 4.65 Å². The van der Waals surface area contributed by atoms with Crippen molar-refractivity contribution >= 4 is 30.7 Å². The Hall–Kier alpha value is -2.06. The van der Waals surface area contributed by atoms with Gasteiger partial charge in [-0.05, 0) is 19.4 Å². The molecule has 0 atom stereocenters. The molecule has 1 heterocycles. The molecule has 2 rings (SSSR count). The second kappa shape index (κ2) is 8.28. The number of rotatable bonds is 3. The smallest absolute Gasteiger partial charge is 0.374 e. The van der Waals surface area contributed by atoms with Crippen LogP contribution < -0.4 is 0 Å². The lowest BCUT2D eigenvalue weighted by molar-refractivity contribution is 0.570. The first kappa shape index (κ1) is 17.0. The van der Waals surface area contributed by atoms with Gasteiger partial charge in [0.1, 0.15) is 23.1 Å². The predicted octanol–water partition coefficient (Wildman–Crippen LogP) is 4.28. The van der Waals surface area contributed by atoms with E-state index < -0.39 is 0 Å². The minimum atomic E-state index is 0.315. The van der Waals surface area contributed by atoms with Gasteiger partial charge in [0.2, 0.25) is 0 Å². The zero-order chi connectivity index (χ0) is 15.8. The summed E-state index contributed by atoms with van der Waals surface area (Å²) in [6.45, 7) is 7.84. The summed E-state index contributed by atoms with van der Waals surface area (Å²) in [5.74, 6) is 0.315. The van der Waals surface area contributed by atoms with E-state index in [4.69, 9.17) is 12.7 Å². The van der Waals surface area contributed by atoms with Crippen LogP contribution in [0.2, 0.25) is 0 Å². The Morgan fingerprint density at radius 3 is 2.29 bits per heavy atom. The maximum atomic E-state index is 9.37. The van der Waals surface area contributed by atoms with E-state index in [1.54, 1.807) is 11.3 Å². The van der Waals surface area contributed by atoms with E-state index in [9.17, 15) is 5.26 Å². The fourth-order valence-electron chi connectivity index (χ4n) is 1.82. The average molecular weight is 296 g/mol. The second-order valence-corrected chi connectivity index (χ2v) is 5.34. The van der Waals surface area contributed by atoms with Crippen LogP contribution in [0.1, 0.15) is 35.0 Å². The van der Waals surface area contributed by atoms with Crippen molar-refractivity contribution in [1.29, 1.82) is 5.26 Å². The minimum Gasteiger partial charge on any atom is -0.565 e. The summed E-state index contributed by atoms with van der Waals surface area (Å²) in [5, 5.41) is 10.3. The lowest BCUT2D eigenvalue weighted by Gasteiger charge is -2.09. The van der Waals surface area contributed by atoms with Crippen molar-refractivity contribution in [3.05, 3.63) is 51.5 Å². The molecular weight excluding hydrogens is 279 g/mol. The number of nitrogens with zero attached hydrogens (tertiary/aromatic N) is 2. The molecule has 2 aromatic rings. The Balaban J connectivity index is 0.00000106. The molecule has 0 saturated carbocycles. The van der Waals surface area contributed by atoms with Crippen LogP contribution in [0.3, 0.4) is 0 Å². The number of thiazole rings is 1. The Morgan fingerprint density at radius 1 is 1.24 bits per heavy atom. The van der Waals surface area contributed by atoms with E-state index in [0.717, 1.165) is 15.4 Å². The Morgan fingerprint density at radius 2 is 1.86 bits per heavy atom. The van der Waals surface area contributed by atoms with E-state index in [2.05, 4.69) is 11.1 Å². The monoisotopic (exact) mass is 296 g/mol. The maximum Gasteiger partial charge on any atom is 0.374 e. The summed E-state index contributed by atoms with van der Waals surface area (Å²) in [5.41, 5.74) is 1.78. The van der Waals surface area contributed by atoms with Crippen LogP contribution in [-0.4, -0.2) is 13.0 Å². The van der Waals surface area contributed by atoms with Gasteiger partial charge >= 0.3 is 8.05 Å².